The van der Waals surface area contributed by atoms with Crippen molar-refractivity contribution in [2.45, 2.75) is 6.54 Å². The molecular formula is C22H18IN2O3+. The van der Waals surface area contributed by atoms with E-state index in [9.17, 15) is 9.90 Å². The molecule has 4 aromatic rings. The summed E-state index contributed by atoms with van der Waals surface area (Å²) in [4.78, 5) is 17.7. The number of hydrogen-bond donors (Lipinski definition) is 1. The van der Waals surface area contributed by atoms with Gasteiger partial charge >= 0.3 is 30.3 Å². The number of aromatic hydroxyl groups is 1. The van der Waals surface area contributed by atoms with E-state index >= 15 is 0 Å². The number of ether oxygens (including phenoxy) is 1. The Labute approximate surface area is 172 Å². The minimum absolute atomic E-state index is 0.0516. The fourth-order valence-electron chi connectivity index (χ4n) is 2.96. The molecule has 0 aliphatic rings. The van der Waals surface area contributed by atoms with E-state index in [1.807, 2.05) is 54.6 Å². The van der Waals surface area contributed by atoms with E-state index in [1.54, 1.807) is 30.0 Å². The van der Waals surface area contributed by atoms with Crippen LogP contribution >= 0.6 is 0 Å². The van der Waals surface area contributed by atoms with Crippen molar-refractivity contribution in [1.29, 1.82) is 0 Å². The van der Waals surface area contributed by atoms with Crippen LogP contribution in [0.25, 0.3) is 11.0 Å². The lowest BCUT2D eigenvalue weighted by atomic mass is 10.2. The highest BCUT2D eigenvalue weighted by molar-refractivity contribution is 5.81. The van der Waals surface area contributed by atoms with Crippen molar-refractivity contribution in [3.05, 3.63) is 96.0 Å². The van der Waals surface area contributed by atoms with Crippen molar-refractivity contribution in [3.8, 4) is 11.5 Å². The Morgan fingerprint density at radius 3 is 2.50 bits per heavy atom. The molecule has 2 aromatic carbocycles. The first-order valence-electron chi connectivity index (χ1n) is 8.70. The van der Waals surface area contributed by atoms with Gasteiger partial charge in [-0.3, -0.25) is 9.36 Å². The summed E-state index contributed by atoms with van der Waals surface area (Å²) in [6.45, 7) is 0.377. The zero-order valence-corrected chi connectivity index (χ0v) is 17.3. The average molecular weight is 485 g/mol. The number of methoxy groups -OCH3 is 1. The highest BCUT2D eigenvalue weighted by Crippen LogP contribution is 2.21. The van der Waals surface area contributed by atoms with Gasteiger partial charge in [-0.1, -0.05) is 30.3 Å². The summed E-state index contributed by atoms with van der Waals surface area (Å²) in [6, 6.07) is 21.0. The Bertz CT molecular complexity index is 1170. The third kappa shape index (κ3) is 3.60. The smallest absolute Gasteiger partial charge is 0.368 e. The molecule has 0 atom stereocenters. The molecule has 0 saturated carbocycles. The third-order valence-electron chi connectivity index (χ3n) is 4.37. The molecule has 5 nitrogen and oxygen atoms in total. The molecular weight excluding hydrogens is 467 g/mol. The van der Waals surface area contributed by atoms with Crippen LogP contribution in [0.4, 0.5) is 0 Å². The third-order valence-corrected chi connectivity index (χ3v) is 7.23. The quantitative estimate of drug-likeness (QED) is 0.413. The van der Waals surface area contributed by atoms with Crippen LogP contribution in [0.15, 0.2) is 77.7 Å². The Balaban J connectivity index is 1.85. The Kier molecular flexibility index (Phi) is 5.29. The van der Waals surface area contributed by atoms with Gasteiger partial charge in [0.2, 0.25) is 0 Å². The van der Waals surface area contributed by atoms with Gasteiger partial charge in [0.1, 0.15) is 11.4 Å². The van der Waals surface area contributed by atoms with Crippen molar-refractivity contribution >= 4 is 11.0 Å². The summed E-state index contributed by atoms with van der Waals surface area (Å²) in [5, 5.41) is 11.4. The lowest BCUT2D eigenvalue weighted by Gasteiger charge is -2.11. The maximum atomic E-state index is 13.3. The summed E-state index contributed by atoms with van der Waals surface area (Å²) in [7, 11) is 1.62. The summed E-state index contributed by atoms with van der Waals surface area (Å²) in [6.07, 6.45) is 1.64. The van der Waals surface area contributed by atoms with Gasteiger partial charge in [-0.2, -0.15) is 0 Å². The van der Waals surface area contributed by atoms with E-state index in [4.69, 9.17) is 4.74 Å². The SMILES string of the molecule is COc1ccc(Cn2c(=O)c([I+]c3ccccc3)c(O)c3cccnc32)cc1. The lowest BCUT2D eigenvalue weighted by molar-refractivity contribution is -0.600. The standard InChI is InChI=1S/C22H17IN2O3/c1-28-17-11-9-15(10-12-17)14-25-21-18(8-5-13-24-21)20(26)19(22(25)27)23-16-6-3-2-4-7-16/h2-13H,14H2,1H3/p+1. The van der Waals surface area contributed by atoms with E-state index in [-0.39, 0.29) is 11.3 Å². The highest BCUT2D eigenvalue weighted by atomic mass is 127. The van der Waals surface area contributed by atoms with Crippen molar-refractivity contribution < 1.29 is 31.0 Å². The van der Waals surface area contributed by atoms with Crippen LogP contribution in [-0.4, -0.2) is 21.8 Å². The predicted molar refractivity (Wildman–Crippen MR) is 104 cm³/mol. The molecule has 28 heavy (non-hydrogen) atoms. The van der Waals surface area contributed by atoms with Gasteiger partial charge in [-0.25, -0.2) is 4.98 Å². The molecule has 6 heteroatoms. The molecule has 0 aliphatic carbocycles. The molecule has 0 bridgehead atoms. The lowest BCUT2D eigenvalue weighted by Crippen LogP contribution is -3.62. The topological polar surface area (TPSA) is 64.3 Å². The van der Waals surface area contributed by atoms with Crippen LogP contribution in [0.3, 0.4) is 0 Å². The molecule has 2 heterocycles. The van der Waals surface area contributed by atoms with Gasteiger partial charge in [0.05, 0.1) is 19.0 Å². The molecule has 0 unspecified atom stereocenters. The van der Waals surface area contributed by atoms with Gasteiger partial charge in [0, 0.05) is 6.20 Å². The Hall–Kier alpha value is -2.87. The number of rotatable bonds is 5. The van der Waals surface area contributed by atoms with E-state index in [2.05, 4.69) is 4.98 Å². The largest absolute Gasteiger partial charge is 0.503 e. The molecule has 0 fully saturated rings. The second kappa shape index (κ2) is 8.02. The number of pyridine rings is 2. The molecule has 1 N–H and O–H groups in total. The second-order valence-electron chi connectivity index (χ2n) is 6.17. The Morgan fingerprint density at radius 2 is 1.79 bits per heavy atom. The molecule has 0 radical (unpaired) electrons. The van der Waals surface area contributed by atoms with E-state index in [1.165, 1.54) is 0 Å². The normalized spacial score (nSPS) is 10.9. The molecule has 140 valence electrons. The zero-order chi connectivity index (χ0) is 19.5. The maximum absolute atomic E-state index is 13.3. The predicted octanol–water partition coefficient (Wildman–Crippen LogP) is 0.287. The number of hydrogen-bond acceptors (Lipinski definition) is 4. The van der Waals surface area contributed by atoms with E-state index < -0.39 is 21.2 Å². The summed E-state index contributed by atoms with van der Waals surface area (Å²) in [5.41, 5.74) is 1.27. The number of halogens is 1. The van der Waals surface area contributed by atoms with Crippen molar-refractivity contribution in [3.63, 3.8) is 0 Å². The van der Waals surface area contributed by atoms with Crippen LogP contribution in [0, 0.1) is 7.14 Å². The molecule has 2 aromatic heterocycles. The van der Waals surface area contributed by atoms with Crippen molar-refractivity contribution in [1.82, 2.24) is 9.55 Å². The molecule has 4 rings (SSSR count). The minimum atomic E-state index is -0.822. The number of nitrogens with zero attached hydrogens (tertiary/aromatic N) is 2. The minimum Gasteiger partial charge on any atom is -0.503 e. The average Bonchev–Trinajstić information content (AvgIpc) is 2.75. The first-order chi connectivity index (χ1) is 13.7. The van der Waals surface area contributed by atoms with Crippen LogP contribution in [0.5, 0.6) is 11.5 Å². The van der Waals surface area contributed by atoms with Crippen LogP contribution < -0.4 is 31.5 Å². The molecule has 0 saturated heterocycles. The molecule has 0 aliphatic heterocycles. The van der Waals surface area contributed by atoms with E-state index in [0.717, 1.165) is 14.9 Å². The first kappa shape index (κ1) is 18.5. The van der Waals surface area contributed by atoms with Gasteiger partial charge in [0.15, 0.2) is 9.32 Å². The molecule has 0 spiro atoms. The fraction of sp³-hybridized carbons (Fsp3) is 0.0909. The van der Waals surface area contributed by atoms with Gasteiger partial charge in [-0.05, 0) is 42.0 Å². The van der Waals surface area contributed by atoms with Gasteiger partial charge in [-0.15, -0.1) is 0 Å². The van der Waals surface area contributed by atoms with Crippen molar-refractivity contribution in [2.24, 2.45) is 0 Å². The zero-order valence-electron chi connectivity index (χ0n) is 15.2. The summed E-state index contributed by atoms with van der Waals surface area (Å²) >= 11 is -0.822. The number of benzene rings is 2. The first-order valence-corrected chi connectivity index (χ1v) is 10.9. The second-order valence-corrected chi connectivity index (χ2v) is 9.03. The monoisotopic (exact) mass is 485 g/mol. The number of fused-ring (bicyclic) bond motifs is 1. The van der Waals surface area contributed by atoms with Crippen LogP contribution in [-0.2, 0) is 6.54 Å². The highest BCUT2D eigenvalue weighted by Gasteiger charge is 2.29. The fourth-order valence-corrected chi connectivity index (χ4v) is 5.43. The maximum Gasteiger partial charge on any atom is 0.368 e. The van der Waals surface area contributed by atoms with Gasteiger partial charge < -0.3 is 9.84 Å². The number of aromatic nitrogens is 2. The van der Waals surface area contributed by atoms with Crippen molar-refractivity contribution in [2.75, 3.05) is 7.11 Å². The van der Waals surface area contributed by atoms with Crippen LogP contribution in [0.2, 0.25) is 0 Å². The van der Waals surface area contributed by atoms with Crippen LogP contribution in [0.1, 0.15) is 5.56 Å². The van der Waals surface area contributed by atoms with Gasteiger partial charge in [0.25, 0.3) is 0 Å². The summed E-state index contributed by atoms with van der Waals surface area (Å²) in [5.74, 6) is 0.816. The molecule has 0 amide bonds. The van der Waals surface area contributed by atoms with E-state index in [0.29, 0.717) is 21.1 Å². The Morgan fingerprint density at radius 1 is 1.04 bits per heavy atom. The summed E-state index contributed by atoms with van der Waals surface area (Å²) < 4.78 is 8.41.